The zero-order valence-electron chi connectivity index (χ0n) is 10.9. The largest absolute Gasteiger partial charge is 0.389 e. The molecular weight excluding hydrogens is 232 g/mol. The van der Waals surface area contributed by atoms with E-state index >= 15 is 0 Å². The van der Waals surface area contributed by atoms with E-state index in [0.717, 1.165) is 6.42 Å². The molecule has 0 aromatic carbocycles. The summed E-state index contributed by atoms with van der Waals surface area (Å²) in [5.74, 6) is 0.363. The minimum atomic E-state index is -1.51. The summed E-state index contributed by atoms with van der Waals surface area (Å²) < 4.78 is 11.3. The molecule has 0 aromatic rings. The highest BCUT2D eigenvalue weighted by molar-refractivity contribution is 6.83. The molecule has 1 saturated heterocycles. The first kappa shape index (κ1) is 13.0. The highest BCUT2D eigenvalue weighted by atomic mass is 28.3. The van der Waals surface area contributed by atoms with Crippen LogP contribution in [-0.4, -0.2) is 38.8 Å². The fraction of sp³-hybridized carbons (Fsp3) is 0.692. The lowest BCUT2D eigenvalue weighted by Gasteiger charge is -2.25. The summed E-state index contributed by atoms with van der Waals surface area (Å²) in [6, 6.07) is 0. The van der Waals surface area contributed by atoms with Gasteiger partial charge >= 0.3 is 0 Å². The SMILES string of the molecule is C=CCOC1OCC2CC(O)C([Si](C)(C)C)=C21. The van der Waals surface area contributed by atoms with Gasteiger partial charge in [-0.3, -0.25) is 0 Å². The third-order valence-corrected chi connectivity index (χ3v) is 5.71. The molecule has 1 N–H and O–H groups in total. The van der Waals surface area contributed by atoms with Crippen LogP contribution in [0.15, 0.2) is 23.4 Å². The van der Waals surface area contributed by atoms with Crippen molar-refractivity contribution < 1.29 is 14.6 Å². The van der Waals surface area contributed by atoms with Gasteiger partial charge in [-0.15, -0.1) is 6.58 Å². The molecule has 0 saturated carbocycles. The second-order valence-electron chi connectivity index (χ2n) is 5.85. The highest BCUT2D eigenvalue weighted by Crippen LogP contribution is 2.44. The smallest absolute Gasteiger partial charge is 0.180 e. The van der Waals surface area contributed by atoms with Crippen LogP contribution < -0.4 is 0 Å². The second kappa shape index (κ2) is 4.69. The van der Waals surface area contributed by atoms with E-state index in [4.69, 9.17) is 9.47 Å². The Morgan fingerprint density at radius 2 is 2.24 bits per heavy atom. The van der Waals surface area contributed by atoms with Crippen LogP contribution in [0.5, 0.6) is 0 Å². The fourth-order valence-electron chi connectivity index (χ4n) is 2.92. The Hall–Kier alpha value is -0.423. The Kier molecular flexibility index (Phi) is 3.59. The van der Waals surface area contributed by atoms with E-state index in [-0.39, 0.29) is 12.4 Å². The van der Waals surface area contributed by atoms with Crippen molar-refractivity contribution in [3.8, 4) is 0 Å². The first-order chi connectivity index (χ1) is 7.95. The van der Waals surface area contributed by atoms with E-state index in [2.05, 4.69) is 26.2 Å². The maximum atomic E-state index is 10.2. The zero-order chi connectivity index (χ0) is 12.6. The predicted molar refractivity (Wildman–Crippen MR) is 70.4 cm³/mol. The molecular formula is C13H22O3Si. The maximum absolute atomic E-state index is 10.2. The van der Waals surface area contributed by atoms with Crippen molar-refractivity contribution in [1.82, 2.24) is 0 Å². The lowest BCUT2D eigenvalue weighted by atomic mass is 10.1. The quantitative estimate of drug-likeness (QED) is 0.617. The Morgan fingerprint density at radius 3 is 2.82 bits per heavy atom. The van der Waals surface area contributed by atoms with E-state index in [1.165, 1.54) is 10.8 Å². The van der Waals surface area contributed by atoms with Crippen LogP contribution in [0.2, 0.25) is 19.6 Å². The van der Waals surface area contributed by atoms with E-state index < -0.39 is 8.07 Å². The van der Waals surface area contributed by atoms with Crippen molar-refractivity contribution in [2.24, 2.45) is 5.92 Å². The van der Waals surface area contributed by atoms with Crippen molar-refractivity contribution in [3.05, 3.63) is 23.4 Å². The summed E-state index contributed by atoms with van der Waals surface area (Å²) in [4.78, 5) is 0. The lowest BCUT2D eigenvalue weighted by Crippen LogP contribution is -2.32. The summed E-state index contributed by atoms with van der Waals surface area (Å²) >= 11 is 0. The summed E-state index contributed by atoms with van der Waals surface area (Å²) in [5, 5.41) is 11.5. The molecule has 0 amide bonds. The van der Waals surface area contributed by atoms with Gasteiger partial charge in [0.1, 0.15) is 0 Å². The number of ether oxygens (including phenoxy) is 2. The van der Waals surface area contributed by atoms with Crippen LogP contribution in [0.1, 0.15) is 6.42 Å². The van der Waals surface area contributed by atoms with Crippen molar-refractivity contribution in [3.63, 3.8) is 0 Å². The molecule has 3 atom stereocenters. The number of hydrogen-bond donors (Lipinski definition) is 1. The molecule has 96 valence electrons. The number of rotatable bonds is 4. The molecule has 0 bridgehead atoms. The van der Waals surface area contributed by atoms with Crippen LogP contribution in [0.25, 0.3) is 0 Å². The Balaban J connectivity index is 2.29. The summed E-state index contributed by atoms with van der Waals surface area (Å²) in [6.07, 6.45) is 2.01. The van der Waals surface area contributed by atoms with Crippen LogP contribution in [0, 0.1) is 5.92 Å². The number of fused-ring (bicyclic) bond motifs is 1. The molecule has 2 aliphatic rings. The van der Waals surface area contributed by atoms with Gasteiger partial charge in [-0.25, -0.2) is 0 Å². The Morgan fingerprint density at radius 1 is 1.53 bits per heavy atom. The minimum Gasteiger partial charge on any atom is -0.389 e. The summed E-state index contributed by atoms with van der Waals surface area (Å²) in [6.45, 7) is 11.6. The molecule has 17 heavy (non-hydrogen) atoms. The average Bonchev–Trinajstić information content (AvgIpc) is 2.71. The van der Waals surface area contributed by atoms with Crippen LogP contribution in [-0.2, 0) is 9.47 Å². The van der Waals surface area contributed by atoms with Gasteiger partial charge in [0, 0.05) is 5.92 Å². The molecule has 0 radical (unpaired) electrons. The van der Waals surface area contributed by atoms with Crippen LogP contribution in [0.4, 0.5) is 0 Å². The number of aliphatic hydroxyl groups is 1. The highest BCUT2D eigenvalue weighted by Gasteiger charge is 2.45. The van der Waals surface area contributed by atoms with Gasteiger partial charge < -0.3 is 14.6 Å². The van der Waals surface area contributed by atoms with Crippen molar-refractivity contribution in [2.75, 3.05) is 13.2 Å². The molecule has 1 aliphatic heterocycles. The molecule has 0 spiro atoms. The monoisotopic (exact) mass is 254 g/mol. The van der Waals surface area contributed by atoms with E-state index in [1.807, 2.05) is 0 Å². The Labute approximate surface area is 104 Å². The number of aliphatic hydroxyl groups excluding tert-OH is 1. The van der Waals surface area contributed by atoms with Gasteiger partial charge in [-0.05, 0) is 17.2 Å². The van der Waals surface area contributed by atoms with Crippen molar-refractivity contribution in [2.45, 2.75) is 38.5 Å². The molecule has 3 nitrogen and oxygen atoms in total. The molecule has 0 aromatic heterocycles. The van der Waals surface area contributed by atoms with Crippen LogP contribution >= 0.6 is 0 Å². The van der Waals surface area contributed by atoms with Crippen molar-refractivity contribution in [1.29, 1.82) is 0 Å². The van der Waals surface area contributed by atoms with Crippen molar-refractivity contribution >= 4 is 8.07 Å². The van der Waals surface area contributed by atoms with Gasteiger partial charge in [0.15, 0.2) is 6.29 Å². The van der Waals surface area contributed by atoms with E-state index in [9.17, 15) is 5.11 Å². The summed E-state index contributed by atoms with van der Waals surface area (Å²) in [5.41, 5.74) is 1.23. The van der Waals surface area contributed by atoms with Gasteiger partial charge in [0.05, 0.1) is 27.4 Å². The standard InChI is InChI=1S/C13H22O3Si/c1-5-6-15-13-11-9(8-16-13)7-10(14)12(11)17(2,3)4/h5,9-10,13-14H,1,6-8H2,2-4H3. The Bertz CT molecular complexity index is 343. The maximum Gasteiger partial charge on any atom is 0.180 e. The second-order valence-corrected chi connectivity index (χ2v) is 10.9. The average molecular weight is 254 g/mol. The fourth-order valence-corrected chi connectivity index (χ4v) is 5.23. The topological polar surface area (TPSA) is 38.7 Å². The third kappa shape index (κ3) is 2.40. The summed E-state index contributed by atoms with van der Waals surface area (Å²) in [7, 11) is -1.51. The van der Waals surface area contributed by atoms with Crippen LogP contribution in [0.3, 0.4) is 0 Å². The van der Waals surface area contributed by atoms with E-state index in [1.54, 1.807) is 6.08 Å². The first-order valence-electron chi connectivity index (χ1n) is 6.21. The third-order valence-electron chi connectivity index (χ3n) is 3.47. The molecule has 3 unspecified atom stereocenters. The molecule has 1 fully saturated rings. The number of hydrogen-bond acceptors (Lipinski definition) is 3. The van der Waals surface area contributed by atoms with Gasteiger partial charge in [-0.1, -0.05) is 25.7 Å². The molecule has 2 rings (SSSR count). The molecule has 1 heterocycles. The van der Waals surface area contributed by atoms with Gasteiger partial charge in [0.2, 0.25) is 0 Å². The van der Waals surface area contributed by atoms with Gasteiger partial charge in [0.25, 0.3) is 0 Å². The minimum absolute atomic E-state index is 0.253. The predicted octanol–water partition coefficient (Wildman–Crippen LogP) is 2.10. The lowest BCUT2D eigenvalue weighted by molar-refractivity contribution is -0.0856. The first-order valence-corrected chi connectivity index (χ1v) is 9.71. The van der Waals surface area contributed by atoms with Gasteiger partial charge in [-0.2, -0.15) is 0 Å². The zero-order valence-corrected chi connectivity index (χ0v) is 11.9. The van der Waals surface area contributed by atoms with E-state index in [0.29, 0.717) is 19.1 Å². The molecule has 1 aliphatic carbocycles. The normalized spacial score (nSPS) is 33.1. The molecule has 4 heteroatoms.